The van der Waals surface area contributed by atoms with E-state index in [1.807, 2.05) is 0 Å². The standard InChI is InChI=1S/C8H8F8I2O/c9-5(10,1-3-17)7(12,13)6(11,2-4-18)19-8(14,15)16/h1-4H2. The molecule has 11 heteroatoms. The first kappa shape index (κ1) is 19.9. The predicted molar refractivity (Wildman–Crippen MR) is 67.9 cm³/mol. The van der Waals surface area contributed by atoms with Crippen LogP contribution in [0.5, 0.6) is 0 Å². The smallest absolute Gasteiger partial charge is 0.247 e. The van der Waals surface area contributed by atoms with E-state index in [0.29, 0.717) is 0 Å². The largest absolute Gasteiger partial charge is 0.525 e. The van der Waals surface area contributed by atoms with Gasteiger partial charge in [-0.1, -0.05) is 45.2 Å². The van der Waals surface area contributed by atoms with Gasteiger partial charge in [-0.25, -0.2) is 9.13 Å². The molecular weight excluding hydrogens is 518 g/mol. The minimum Gasteiger partial charge on any atom is -0.247 e. The average molecular weight is 526 g/mol. The van der Waals surface area contributed by atoms with Gasteiger partial charge < -0.3 is 0 Å². The summed E-state index contributed by atoms with van der Waals surface area (Å²) in [5.41, 5.74) is 0. The number of alkyl halides is 10. The van der Waals surface area contributed by atoms with Crippen LogP contribution in [0.1, 0.15) is 12.8 Å². The first-order valence-corrected chi connectivity index (χ1v) is 7.71. The second kappa shape index (κ2) is 6.75. The van der Waals surface area contributed by atoms with Crippen LogP contribution in [0.15, 0.2) is 0 Å². The lowest BCUT2D eigenvalue weighted by atomic mass is 9.99. The van der Waals surface area contributed by atoms with E-state index in [0.717, 1.165) is 0 Å². The fourth-order valence-corrected chi connectivity index (χ4v) is 2.50. The summed E-state index contributed by atoms with van der Waals surface area (Å²) in [4.78, 5) is 0. The van der Waals surface area contributed by atoms with Gasteiger partial charge in [-0.05, 0) is 0 Å². The fraction of sp³-hybridized carbons (Fsp3) is 1.00. The molecule has 0 saturated heterocycles. The van der Waals surface area contributed by atoms with Gasteiger partial charge in [0.2, 0.25) is 0 Å². The van der Waals surface area contributed by atoms with Gasteiger partial charge in [-0.2, -0.15) is 17.6 Å². The second-order valence-corrected chi connectivity index (χ2v) is 5.59. The van der Waals surface area contributed by atoms with Gasteiger partial charge >= 0.3 is 18.2 Å². The molecule has 0 heterocycles. The number of halogens is 10. The Bertz CT molecular complexity index is 295. The molecule has 1 atom stereocenters. The molecule has 0 saturated carbocycles. The molecule has 0 aliphatic rings. The predicted octanol–water partition coefficient (Wildman–Crippen LogP) is 5.11. The number of hydrogen-bond donors (Lipinski definition) is 0. The molecule has 1 unspecified atom stereocenters. The van der Waals surface area contributed by atoms with Gasteiger partial charge in [0.25, 0.3) is 5.85 Å². The summed E-state index contributed by atoms with van der Waals surface area (Å²) < 4.78 is 104. The van der Waals surface area contributed by atoms with Crippen molar-refractivity contribution >= 4 is 45.2 Å². The maximum absolute atomic E-state index is 13.7. The molecule has 0 bridgehead atoms. The third kappa shape index (κ3) is 4.97. The summed E-state index contributed by atoms with van der Waals surface area (Å²) in [6.45, 7) is 0. The lowest BCUT2D eigenvalue weighted by molar-refractivity contribution is -0.448. The monoisotopic (exact) mass is 526 g/mol. The van der Waals surface area contributed by atoms with Crippen molar-refractivity contribution in [2.45, 2.75) is 36.9 Å². The van der Waals surface area contributed by atoms with Gasteiger partial charge in [0, 0.05) is 21.7 Å². The molecule has 0 rings (SSSR count). The highest BCUT2D eigenvalue weighted by molar-refractivity contribution is 14.1. The van der Waals surface area contributed by atoms with Crippen LogP contribution < -0.4 is 0 Å². The minimum absolute atomic E-state index is 0.479. The second-order valence-electron chi connectivity index (χ2n) is 3.43. The van der Waals surface area contributed by atoms with E-state index in [1.54, 1.807) is 0 Å². The summed E-state index contributed by atoms with van der Waals surface area (Å²) in [6.07, 6.45) is -8.77. The SMILES string of the molecule is FC(F)(F)OC(F)(CCI)C(F)(F)C(F)(F)CCI. The molecule has 19 heavy (non-hydrogen) atoms. The first-order valence-electron chi connectivity index (χ1n) is 4.66. The van der Waals surface area contributed by atoms with Crippen molar-refractivity contribution in [2.24, 2.45) is 0 Å². The molecule has 0 aromatic rings. The summed E-state index contributed by atoms with van der Waals surface area (Å²) in [7, 11) is 0. The molecule has 0 aliphatic carbocycles. The van der Waals surface area contributed by atoms with E-state index in [4.69, 9.17) is 0 Å². The van der Waals surface area contributed by atoms with E-state index in [2.05, 4.69) is 4.74 Å². The molecule has 1 nitrogen and oxygen atoms in total. The molecule has 116 valence electrons. The van der Waals surface area contributed by atoms with Crippen molar-refractivity contribution in [1.82, 2.24) is 0 Å². The van der Waals surface area contributed by atoms with Gasteiger partial charge in [-0.3, -0.25) is 0 Å². The van der Waals surface area contributed by atoms with Crippen LogP contribution in [0.3, 0.4) is 0 Å². The molecule has 0 fully saturated rings. The Balaban J connectivity index is 5.47. The highest BCUT2D eigenvalue weighted by atomic mass is 127. The molecule has 0 spiro atoms. The van der Waals surface area contributed by atoms with Crippen LogP contribution in [0.2, 0.25) is 0 Å². The average Bonchev–Trinajstić information content (AvgIpc) is 2.14. The lowest BCUT2D eigenvalue weighted by Crippen LogP contribution is -2.59. The van der Waals surface area contributed by atoms with Gasteiger partial charge in [0.05, 0.1) is 0 Å². The summed E-state index contributed by atoms with van der Waals surface area (Å²) in [5.74, 6) is -15.3. The molecule has 0 aliphatic heterocycles. The molecule has 0 N–H and O–H groups in total. The normalized spacial score (nSPS) is 17.4. The molecule has 0 aromatic carbocycles. The maximum atomic E-state index is 13.7. The highest BCUT2D eigenvalue weighted by Crippen LogP contribution is 2.50. The molecule has 0 aromatic heterocycles. The van der Waals surface area contributed by atoms with Crippen molar-refractivity contribution in [3.05, 3.63) is 0 Å². The van der Waals surface area contributed by atoms with Crippen LogP contribution >= 0.6 is 45.2 Å². The van der Waals surface area contributed by atoms with Gasteiger partial charge in [0.15, 0.2) is 0 Å². The first-order chi connectivity index (χ1) is 8.33. The Hall–Kier alpha value is 0.860. The number of ether oxygens (including phenoxy) is 1. The van der Waals surface area contributed by atoms with Gasteiger partial charge in [0.1, 0.15) is 0 Å². The third-order valence-electron chi connectivity index (χ3n) is 2.03. The zero-order chi connectivity index (χ0) is 15.5. The zero-order valence-electron chi connectivity index (χ0n) is 9.02. The highest BCUT2D eigenvalue weighted by Gasteiger charge is 2.72. The Morgan fingerprint density at radius 1 is 0.737 bits per heavy atom. The number of hydrogen-bond acceptors (Lipinski definition) is 1. The van der Waals surface area contributed by atoms with E-state index in [1.165, 1.54) is 45.2 Å². The Morgan fingerprint density at radius 3 is 1.47 bits per heavy atom. The molecule has 0 radical (unpaired) electrons. The van der Waals surface area contributed by atoms with E-state index < -0.39 is 45.8 Å². The number of rotatable bonds is 7. The van der Waals surface area contributed by atoms with Gasteiger partial charge in [-0.15, -0.1) is 13.2 Å². The van der Waals surface area contributed by atoms with Crippen molar-refractivity contribution in [2.75, 3.05) is 8.86 Å². The van der Waals surface area contributed by atoms with Crippen molar-refractivity contribution in [3.8, 4) is 0 Å². The van der Waals surface area contributed by atoms with E-state index in [9.17, 15) is 35.1 Å². The van der Waals surface area contributed by atoms with Crippen LogP contribution in [0.25, 0.3) is 0 Å². The van der Waals surface area contributed by atoms with Crippen LogP contribution in [-0.2, 0) is 4.74 Å². The topological polar surface area (TPSA) is 9.23 Å². The minimum atomic E-state index is -5.79. The third-order valence-corrected chi connectivity index (χ3v) is 3.11. The Morgan fingerprint density at radius 2 is 1.16 bits per heavy atom. The van der Waals surface area contributed by atoms with Crippen molar-refractivity contribution < 1.29 is 39.9 Å². The van der Waals surface area contributed by atoms with E-state index >= 15 is 0 Å². The summed E-state index contributed by atoms with van der Waals surface area (Å²) in [6, 6.07) is 0. The maximum Gasteiger partial charge on any atom is 0.525 e. The van der Waals surface area contributed by atoms with Crippen molar-refractivity contribution in [3.63, 3.8) is 0 Å². The Kier molecular flexibility index (Phi) is 7.05. The van der Waals surface area contributed by atoms with Crippen LogP contribution in [0.4, 0.5) is 35.1 Å². The van der Waals surface area contributed by atoms with Crippen LogP contribution in [0, 0.1) is 0 Å². The Labute approximate surface area is 130 Å². The quantitative estimate of drug-likeness (QED) is 0.255. The summed E-state index contributed by atoms with van der Waals surface area (Å²) in [5, 5.41) is 0. The van der Waals surface area contributed by atoms with Crippen molar-refractivity contribution in [1.29, 1.82) is 0 Å². The van der Waals surface area contributed by atoms with Crippen LogP contribution in [-0.4, -0.2) is 32.9 Å². The zero-order valence-corrected chi connectivity index (χ0v) is 13.3. The lowest BCUT2D eigenvalue weighted by Gasteiger charge is -2.37. The summed E-state index contributed by atoms with van der Waals surface area (Å²) >= 11 is 2.62. The molecular formula is C8H8F8I2O. The van der Waals surface area contributed by atoms with E-state index in [-0.39, 0.29) is 0 Å². The fourth-order valence-electron chi connectivity index (χ4n) is 1.13. The molecule has 0 amide bonds.